The Hall–Kier alpha value is -2.89. The summed E-state index contributed by atoms with van der Waals surface area (Å²) in [6.07, 6.45) is 0.932. The Morgan fingerprint density at radius 3 is 2.31 bits per heavy atom. The first-order valence-corrected chi connectivity index (χ1v) is 9.22. The van der Waals surface area contributed by atoms with E-state index >= 15 is 0 Å². The van der Waals surface area contributed by atoms with Crippen LogP contribution in [0.15, 0.2) is 36.4 Å². The van der Waals surface area contributed by atoms with Crippen LogP contribution in [0.3, 0.4) is 0 Å². The zero-order chi connectivity index (χ0) is 19.2. The first-order valence-electron chi connectivity index (χ1n) is 7.40. The van der Waals surface area contributed by atoms with Crippen molar-refractivity contribution in [1.82, 2.24) is 4.98 Å². The van der Waals surface area contributed by atoms with Gasteiger partial charge in [0.25, 0.3) is 10.1 Å². The van der Waals surface area contributed by atoms with Crippen LogP contribution in [-0.4, -0.2) is 39.8 Å². The van der Waals surface area contributed by atoms with Crippen molar-refractivity contribution in [2.24, 2.45) is 0 Å². The van der Waals surface area contributed by atoms with Gasteiger partial charge in [-0.2, -0.15) is 8.42 Å². The summed E-state index contributed by atoms with van der Waals surface area (Å²) in [6, 6.07) is 10.2. The maximum atomic E-state index is 11.8. The predicted molar refractivity (Wildman–Crippen MR) is 94.2 cm³/mol. The number of hydrogen-bond acceptors (Lipinski definition) is 7. The second-order valence-corrected chi connectivity index (χ2v) is 6.81. The van der Waals surface area contributed by atoms with Gasteiger partial charge in [-0.1, -0.05) is 11.8 Å². The summed E-state index contributed by atoms with van der Waals surface area (Å²) in [4.78, 5) is 15.8. The normalized spacial score (nSPS) is 10.6. The fourth-order valence-corrected chi connectivity index (χ4v) is 2.26. The van der Waals surface area contributed by atoms with E-state index in [1.165, 1.54) is 13.2 Å². The van der Waals surface area contributed by atoms with Gasteiger partial charge in [0.2, 0.25) is 0 Å². The van der Waals surface area contributed by atoms with Gasteiger partial charge in [-0.05, 0) is 36.4 Å². The highest BCUT2D eigenvalue weighted by atomic mass is 32.2. The van der Waals surface area contributed by atoms with Gasteiger partial charge in [-0.3, -0.25) is 4.18 Å². The Balaban J connectivity index is 2.34. The monoisotopic (exact) mass is 375 g/mol. The average Bonchev–Trinajstić information content (AvgIpc) is 2.63. The zero-order valence-corrected chi connectivity index (χ0v) is 15.3. The van der Waals surface area contributed by atoms with Gasteiger partial charge in [0.1, 0.15) is 18.1 Å². The fourth-order valence-electron chi connectivity index (χ4n) is 1.93. The number of nitrogens with zero attached hydrogens (tertiary/aromatic N) is 1. The summed E-state index contributed by atoms with van der Waals surface area (Å²) < 4.78 is 36.8. The molecule has 0 aliphatic heterocycles. The minimum Gasteiger partial charge on any atom is -0.497 e. The van der Waals surface area contributed by atoms with Crippen LogP contribution in [0.2, 0.25) is 0 Å². The van der Waals surface area contributed by atoms with E-state index in [-0.39, 0.29) is 18.0 Å². The van der Waals surface area contributed by atoms with E-state index in [1.54, 1.807) is 37.4 Å². The predicted octanol–water partition coefficient (Wildman–Crippen LogP) is 1.75. The highest BCUT2D eigenvalue weighted by Crippen LogP contribution is 2.12. The molecule has 0 amide bonds. The summed E-state index contributed by atoms with van der Waals surface area (Å²) in [5.41, 5.74) is 1.48. The molecule has 0 aliphatic rings. The Morgan fingerprint density at radius 1 is 1.08 bits per heavy atom. The molecule has 0 aliphatic carbocycles. The number of carbonyl (C=O) groups is 1. The smallest absolute Gasteiger partial charge is 0.356 e. The number of aromatic nitrogens is 1. The molecule has 1 aromatic heterocycles. The standard InChI is InChI=1S/C18H17NO6S/c1-23-16-8-6-13(7-9-16)4-5-14-10-15(12-25-26(3,21)22)19-17(11-14)18(20)24-2/h6-11H,12H2,1-3H3. The number of methoxy groups -OCH3 is 2. The summed E-state index contributed by atoms with van der Waals surface area (Å²) >= 11 is 0. The van der Waals surface area contributed by atoms with Crippen LogP contribution in [0.25, 0.3) is 0 Å². The summed E-state index contributed by atoms with van der Waals surface area (Å²) in [7, 11) is -0.836. The van der Waals surface area contributed by atoms with E-state index in [9.17, 15) is 13.2 Å². The summed E-state index contributed by atoms with van der Waals surface area (Å²) in [6.45, 7) is -0.305. The first-order chi connectivity index (χ1) is 12.3. The lowest BCUT2D eigenvalue weighted by Gasteiger charge is -2.05. The van der Waals surface area contributed by atoms with E-state index in [1.807, 2.05) is 0 Å². The lowest BCUT2D eigenvalue weighted by molar-refractivity contribution is 0.0593. The summed E-state index contributed by atoms with van der Waals surface area (Å²) in [5, 5.41) is 0. The third-order valence-corrected chi connectivity index (χ3v) is 3.68. The molecule has 1 aromatic carbocycles. The molecular weight excluding hydrogens is 358 g/mol. The molecule has 2 aromatic rings. The van der Waals surface area contributed by atoms with Crippen LogP contribution >= 0.6 is 0 Å². The molecule has 0 saturated carbocycles. The second kappa shape index (κ2) is 8.47. The van der Waals surface area contributed by atoms with Gasteiger partial charge in [0.15, 0.2) is 0 Å². The molecule has 0 saturated heterocycles. The van der Waals surface area contributed by atoms with Crippen molar-refractivity contribution in [1.29, 1.82) is 0 Å². The van der Waals surface area contributed by atoms with Gasteiger partial charge in [0.05, 0.1) is 26.2 Å². The van der Waals surface area contributed by atoms with Gasteiger partial charge < -0.3 is 9.47 Å². The number of pyridine rings is 1. The molecule has 26 heavy (non-hydrogen) atoms. The van der Waals surface area contributed by atoms with Gasteiger partial charge >= 0.3 is 5.97 Å². The third-order valence-electron chi connectivity index (χ3n) is 3.14. The average molecular weight is 375 g/mol. The van der Waals surface area contributed by atoms with Crippen LogP contribution in [0.1, 0.15) is 27.3 Å². The highest BCUT2D eigenvalue weighted by molar-refractivity contribution is 7.85. The first kappa shape index (κ1) is 19.4. The molecule has 0 radical (unpaired) electrons. The second-order valence-electron chi connectivity index (χ2n) is 5.17. The molecule has 7 nitrogen and oxygen atoms in total. The van der Waals surface area contributed by atoms with Crippen LogP contribution in [0.4, 0.5) is 0 Å². The number of rotatable bonds is 5. The minimum absolute atomic E-state index is 0.0149. The minimum atomic E-state index is -3.64. The van der Waals surface area contributed by atoms with Crippen LogP contribution in [0, 0.1) is 11.8 Å². The lowest BCUT2D eigenvalue weighted by Crippen LogP contribution is -2.09. The van der Waals surface area contributed by atoms with Gasteiger partial charge in [-0.15, -0.1) is 0 Å². The Bertz CT molecular complexity index is 955. The summed E-state index contributed by atoms with van der Waals surface area (Å²) in [5.74, 6) is 5.92. The third kappa shape index (κ3) is 5.88. The molecule has 0 bridgehead atoms. The molecule has 0 spiro atoms. The number of hydrogen-bond donors (Lipinski definition) is 0. The molecule has 136 valence electrons. The molecule has 8 heteroatoms. The molecule has 2 rings (SSSR count). The van der Waals surface area contributed by atoms with Crippen molar-refractivity contribution < 1.29 is 26.9 Å². The Morgan fingerprint density at radius 2 is 1.73 bits per heavy atom. The molecule has 0 fully saturated rings. The van der Waals surface area contributed by atoms with Crippen molar-refractivity contribution in [3.63, 3.8) is 0 Å². The molecule has 0 unspecified atom stereocenters. The number of benzene rings is 1. The van der Waals surface area contributed by atoms with Crippen molar-refractivity contribution in [3.8, 4) is 17.6 Å². The SMILES string of the molecule is COC(=O)c1cc(C#Cc2ccc(OC)cc2)cc(COS(C)(=O)=O)n1. The lowest BCUT2D eigenvalue weighted by atomic mass is 10.1. The van der Waals surface area contributed by atoms with E-state index in [2.05, 4.69) is 21.6 Å². The number of esters is 1. The molecule has 0 atom stereocenters. The van der Waals surface area contributed by atoms with Crippen molar-refractivity contribution in [2.45, 2.75) is 6.61 Å². The van der Waals surface area contributed by atoms with Crippen LogP contribution in [-0.2, 0) is 25.6 Å². The molecule has 1 heterocycles. The van der Waals surface area contributed by atoms with Crippen molar-refractivity contribution >= 4 is 16.1 Å². The largest absolute Gasteiger partial charge is 0.497 e. The van der Waals surface area contributed by atoms with E-state index < -0.39 is 16.1 Å². The molecular formula is C18H17NO6S. The molecule has 0 N–H and O–H groups in total. The zero-order valence-electron chi connectivity index (χ0n) is 14.5. The number of carbonyl (C=O) groups excluding carboxylic acids is 1. The Kier molecular flexibility index (Phi) is 6.33. The van der Waals surface area contributed by atoms with Crippen LogP contribution < -0.4 is 4.74 Å². The topological polar surface area (TPSA) is 91.8 Å². The fraction of sp³-hybridized carbons (Fsp3) is 0.222. The van der Waals surface area contributed by atoms with E-state index in [0.29, 0.717) is 11.3 Å². The maximum absolute atomic E-state index is 11.8. The van der Waals surface area contributed by atoms with E-state index in [4.69, 9.17) is 8.92 Å². The highest BCUT2D eigenvalue weighted by Gasteiger charge is 2.12. The van der Waals surface area contributed by atoms with Crippen LogP contribution in [0.5, 0.6) is 5.75 Å². The van der Waals surface area contributed by atoms with Crippen molar-refractivity contribution in [2.75, 3.05) is 20.5 Å². The van der Waals surface area contributed by atoms with Gasteiger partial charge in [-0.25, -0.2) is 9.78 Å². The van der Waals surface area contributed by atoms with Gasteiger partial charge in [0, 0.05) is 11.1 Å². The maximum Gasteiger partial charge on any atom is 0.356 e. The van der Waals surface area contributed by atoms with E-state index in [0.717, 1.165) is 11.8 Å². The quantitative estimate of drug-likeness (QED) is 0.447. The Labute approximate surface area is 152 Å². The van der Waals surface area contributed by atoms with Crippen molar-refractivity contribution in [3.05, 3.63) is 58.9 Å². The number of ether oxygens (including phenoxy) is 2.